The van der Waals surface area contributed by atoms with Crippen LogP contribution in [0, 0.1) is 0 Å². The van der Waals surface area contributed by atoms with Gasteiger partial charge in [0, 0.05) is 29.5 Å². The lowest BCUT2D eigenvalue weighted by molar-refractivity contribution is 0.0603. The first kappa shape index (κ1) is 18.1. The SMILES string of the molecule is COC(=O)c1ccc(NS(=O)(=O)c2ccc3c(ccn3C)c2)c2ccccc12. The van der Waals surface area contributed by atoms with Gasteiger partial charge in [0.1, 0.15) is 0 Å². The van der Waals surface area contributed by atoms with E-state index in [0.717, 1.165) is 10.9 Å². The van der Waals surface area contributed by atoms with E-state index in [4.69, 9.17) is 4.74 Å². The van der Waals surface area contributed by atoms with Gasteiger partial charge < -0.3 is 9.30 Å². The Labute approximate surface area is 162 Å². The molecule has 1 aromatic heterocycles. The number of fused-ring (bicyclic) bond motifs is 2. The summed E-state index contributed by atoms with van der Waals surface area (Å²) >= 11 is 0. The van der Waals surface area contributed by atoms with E-state index in [1.807, 2.05) is 23.9 Å². The van der Waals surface area contributed by atoms with Gasteiger partial charge in [-0.3, -0.25) is 4.72 Å². The molecule has 1 N–H and O–H groups in total. The van der Waals surface area contributed by atoms with Crippen molar-refractivity contribution in [2.45, 2.75) is 4.90 Å². The van der Waals surface area contributed by atoms with Gasteiger partial charge in [-0.15, -0.1) is 0 Å². The van der Waals surface area contributed by atoms with Gasteiger partial charge in [0.15, 0.2) is 0 Å². The molecule has 0 aliphatic rings. The highest BCUT2D eigenvalue weighted by molar-refractivity contribution is 7.92. The molecule has 6 nitrogen and oxygen atoms in total. The molecule has 0 fully saturated rings. The maximum absolute atomic E-state index is 13.0. The van der Waals surface area contributed by atoms with Crippen LogP contribution in [-0.2, 0) is 21.8 Å². The third-order valence-electron chi connectivity index (χ3n) is 4.74. The summed E-state index contributed by atoms with van der Waals surface area (Å²) in [5.74, 6) is -0.472. The van der Waals surface area contributed by atoms with E-state index in [2.05, 4.69) is 4.72 Å². The third kappa shape index (κ3) is 2.99. The Kier molecular flexibility index (Phi) is 4.31. The van der Waals surface area contributed by atoms with E-state index < -0.39 is 16.0 Å². The number of anilines is 1. The first-order valence-electron chi connectivity index (χ1n) is 8.59. The van der Waals surface area contributed by atoms with Crippen molar-refractivity contribution in [2.75, 3.05) is 11.8 Å². The summed E-state index contributed by atoms with van der Waals surface area (Å²) in [4.78, 5) is 12.2. The molecule has 0 bridgehead atoms. The number of methoxy groups -OCH3 is 1. The average Bonchev–Trinajstić information content (AvgIpc) is 3.08. The monoisotopic (exact) mass is 394 g/mol. The Hall–Kier alpha value is -3.32. The van der Waals surface area contributed by atoms with Crippen molar-refractivity contribution in [2.24, 2.45) is 7.05 Å². The minimum Gasteiger partial charge on any atom is -0.465 e. The molecule has 28 heavy (non-hydrogen) atoms. The zero-order chi connectivity index (χ0) is 19.9. The number of carbonyl (C=O) groups is 1. The summed E-state index contributed by atoms with van der Waals surface area (Å²) in [7, 11) is -0.582. The summed E-state index contributed by atoms with van der Waals surface area (Å²) in [5.41, 5.74) is 1.73. The third-order valence-corrected chi connectivity index (χ3v) is 6.10. The lowest BCUT2D eigenvalue weighted by Gasteiger charge is -2.13. The lowest BCUT2D eigenvalue weighted by atomic mass is 10.0. The van der Waals surface area contributed by atoms with Crippen LogP contribution in [0.25, 0.3) is 21.7 Å². The fraction of sp³-hybridized carbons (Fsp3) is 0.0952. The Morgan fingerprint density at radius 2 is 1.75 bits per heavy atom. The zero-order valence-electron chi connectivity index (χ0n) is 15.3. The van der Waals surface area contributed by atoms with E-state index in [9.17, 15) is 13.2 Å². The van der Waals surface area contributed by atoms with E-state index in [1.165, 1.54) is 7.11 Å². The number of hydrogen-bond donors (Lipinski definition) is 1. The quantitative estimate of drug-likeness (QED) is 0.532. The van der Waals surface area contributed by atoms with Gasteiger partial charge in [0.2, 0.25) is 0 Å². The molecule has 0 amide bonds. The summed E-state index contributed by atoms with van der Waals surface area (Å²) in [6, 6.07) is 17.1. The second kappa shape index (κ2) is 6.69. The predicted octanol–water partition coefficient (Wildman–Crippen LogP) is 3.92. The number of carbonyl (C=O) groups excluding carboxylic acids is 1. The molecule has 1 heterocycles. The minimum absolute atomic E-state index is 0.173. The number of nitrogens with one attached hydrogen (secondary N) is 1. The Morgan fingerprint density at radius 3 is 2.50 bits per heavy atom. The second-order valence-corrected chi connectivity index (χ2v) is 8.13. The minimum atomic E-state index is -3.80. The van der Waals surface area contributed by atoms with Crippen molar-refractivity contribution >= 4 is 43.4 Å². The van der Waals surface area contributed by atoms with Crippen LogP contribution in [0.4, 0.5) is 5.69 Å². The average molecular weight is 394 g/mol. The molecule has 0 radical (unpaired) electrons. The summed E-state index contributed by atoms with van der Waals surface area (Å²) < 4.78 is 35.3. The summed E-state index contributed by atoms with van der Waals surface area (Å²) in [5, 5.41) is 2.08. The van der Waals surface area contributed by atoms with Gasteiger partial charge in [0.05, 0.1) is 23.3 Å². The van der Waals surface area contributed by atoms with E-state index in [1.54, 1.807) is 54.6 Å². The first-order chi connectivity index (χ1) is 13.4. The van der Waals surface area contributed by atoms with Crippen molar-refractivity contribution < 1.29 is 17.9 Å². The molecule has 3 aromatic carbocycles. The molecule has 0 atom stereocenters. The standard InChI is InChI=1S/C21H18N2O4S/c1-23-12-11-14-13-15(7-10-20(14)23)28(25,26)22-19-9-8-18(21(24)27-2)16-5-3-4-6-17(16)19/h3-13,22H,1-2H3. The topological polar surface area (TPSA) is 77.4 Å². The molecule has 0 aliphatic heterocycles. The number of aromatic nitrogens is 1. The fourth-order valence-corrected chi connectivity index (χ4v) is 4.42. The highest BCUT2D eigenvalue weighted by atomic mass is 32.2. The number of aryl methyl sites for hydroxylation is 1. The summed E-state index contributed by atoms with van der Waals surface area (Å²) in [6.45, 7) is 0. The molecule has 0 saturated heterocycles. The molecule has 142 valence electrons. The van der Waals surface area contributed by atoms with Crippen LogP contribution in [-0.4, -0.2) is 26.1 Å². The van der Waals surface area contributed by atoms with Crippen molar-refractivity contribution in [1.29, 1.82) is 0 Å². The maximum atomic E-state index is 13.0. The number of esters is 1. The number of hydrogen-bond acceptors (Lipinski definition) is 4. The summed E-state index contributed by atoms with van der Waals surface area (Å²) in [6.07, 6.45) is 1.88. The molecule has 0 unspecified atom stereocenters. The molecule has 0 aliphatic carbocycles. The molecular weight excluding hydrogens is 376 g/mol. The smallest absolute Gasteiger partial charge is 0.338 e. The fourth-order valence-electron chi connectivity index (χ4n) is 3.31. The van der Waals surface area contributed by atoms with Crippen LogP contribution in [0.1, 0.15) is 10.4 Å². The van der Waals surface area contributed by atoms with Crippen LogP contribution >= 0.6 is 0 Å². The van der Waals surface area contributed by atoms with Crippen molar-refractivity contribution in [3.05, 3.63) is 72.4 Å². The maximum Gasteiger partial charge on any atom is 0.338 e. The van der Waals surface area contributed by atoms with E-state index >= 15 is 0 Å². The number of nitrogens with zero attached hydrogens (tertiary/aromatic N) is 1. The van der Waals surface area contributed by atoms with E-state index in [0.29, 0.717) is 22.0 Å². The number of rotatable bonds is 4. The molecule has 7 heteroatoms. The number of ether oxygens (including phenoxy) is 1. The van der Waals surface area contributed by atoms with Gasteiger partial charge in [-0.05, 0) is 41.8 Å². The normalized spacial score (nSPS) is 11.6. The van der Waals surface area contributed by atoms with Crippen molar-refractivity contribution in [3.63, 3.8) is 0 Å². The van der Waals surface area contributed by atoms with Crippen LogP contribution < -0.4 is 4.72 Å². The van der Waals surface area contributed by atoms with Gasteiger partial charge in [-0.2, -0.15) is 0 Å². The Morgan fingerprint density at radius 1 is 1.00 bits per heavy atom. The highest BCUT2D eigenvalue weighted by Gasteiger charge is 2.19. The molecule has 0 saturated carbocycles. The first-order valence-corrected chi connectivity index (χ1v) is 10.1. The van der Waals surface area contributed by atoms with Crippen molar-refractivity contribution in [3.8, 4) is 0 Å². The Bertz CT molecular complexity index is 1320. The molecule has 0 spiro atoms. The van der Waals surface area contributed by atoms with Gasteiger partial charge in [-0.25, -0.2) is 13.2 Å². The van der Waals surface area contributed by atoms with Crippen LogP contribution in [0.2, 0.25) is 0 Å². The van der Waals surface area contributed by atoms with Crippen LogP contribution in [0.3, 0.4) is 0 Å². The zero-order valence-corrected chi connectivity index (χ0v) is 16.2. The molecular formula is C21H18N2O4S. The van der Waals surface area contributed by atoms with E-state index in [-0.39, 0.29) is 4.90 Å². The number of benzene rings is 3. The largest absolute Gasteiger partial charge is 0.465 e. The van der Waals surface area contributed by atoms with Crippen molar-refractivity contribution in [1.82, 2.24) is 4.57 Å². The lowest BCUT2D eigenvalue weighted by Crippen LogP contribution is -2.13. The second-order valence-electron chi connectivity index (χ2n) is 6.45. The van der Waals surface area contributed by atoms with Gasteiger partial charge in [-0.1, -0.05) is 24.3 Å². The highest BCUT2D eigenvalue weighted by Crippen LogP contribution is 2.29. The van der Waals surface area contributed by atoms with Gasteiger partial charge in [0.25, 0.3) is 10.0 Å². The number of sulfonamides is 1. The van der Waals surface area contributed by atoms with Crippen LogP contribution in [0.15, 0.2) is 71.8 Å². The van der Waals surface area contributed by atoms with Crippen LogP contribution in [0.5, 0.6) is 0 Å². The Balaban J connectivity index is 1.79. The molecule has 4 aromatic rings. The van der Waals surface area contributed by atoms with Gasteiger partial charge >= 0.3 is 5.97 Å². The molecule has 4 rings (SSSR count). The predicted molar refractivity (Wildman–Crippen MR) is 109 cm³/mol.